The normalized spacial score (nSPS) is 25.9. The average Bonchev–Trinajstić information content (AvgIpc) is 2.81. The molecular formula is C13H13ClF2N2S. The van der Waals surface area contributed by atoms with Crippen LogP contribution in [0.15, 0.2) is 17.1 Å². The van der Waals surface area contributed by atoms with Crippen molar-refractivity contribution in [1.82, 2.24) is 0 Å². The van der Waals surface area contributed by atoms with E-state index < -0.39 is 11.6 Å². The maximum absolute atomic E-state index is 13.7. The Kier molecular flexibility index (Phi) is 3.67. The zero-order valence-electron chi connectivity index (χ0n) is 10.1. The van der Waals surface area contributed by atoms with Crippen LogP contribution in [-0.4, -0.2) is 17.0 Å². The molecule has 2 atom stereocenters. The zero-order valence-corrected chi connectivity index (χ0v) is 11.7. The third-order valence-corrected chi connectivity index (χ3v) is 4.95. The molecule has 0 saturated heterocycles. The van der Waals surface area contributed by atoms with Crippen molar-refractivity contribution in [2.45, 2.75) is 25.3 Å². The van der Waals surface area contributed by atoms with Crippen LogP contribution in [0.5, 0.6) is 0 Å². The van der Waals surface area contributed by atoms with E-state index in [0.29, 0.717) is 17.1 Å². The molecule has 1 aromatic rings. The number of anilines is 1. The van der Waals surface area contributed by atoms with E-state index in [1.54, 1.807) is 11.8 Å². The number of amidine groups is 1. The number of fused-ring (bicyclic) bond motifs is 1. The molecule has 19 heavy (non-hydrogen) atoms. The molecular weight excluding hydrogens is 290 g/mol. The SMILES string of the molecule is Fc1cc(F)c(NC2=NC3CCCC3CS2)c(Cl)c1. The van der Waals surface area contributed by atoms with Crippen LogP contribution in [-0.2, 0) is 0 Å². The van der Waals surface area contributed by atoms with Gasteiger partial charge in [0, 0.05) is 11.8 Å². The largest absolute Gasteiger partial charge is 0.331 e. The summed E-state index contributed by atoms with van der Waals surface area (Å²) >= 11 is 7.43. The van der Waals surface area contributed by atoms with Crippen LogP contribution in [0.1, 0.15) is 19.3 Å². The summed E-state index contributed by atoms with van der Waals surface area (Å²) in [6.07, 6.45) is 3.52. The second kappa shape index (κ2) is 5.29. The number of nitrogens with zero attached hydrogens (tertiary/aromatic N) is 1. The van der Waals surface area contributed by atoms with E-state index in [-0.39, 0.29) is 10.7 Å². The molecule has 0 amide bonds. The Morgan fingerprint density at radius 1 is 1.32 bits per heavy atom. The van der Waals surface area contributed by atoms with E-state index in [4.69, 9.17) is 11.6 Å². The summed E-state index contributed by atoms with van der Waals surface area (Å²) in [5.74, 6) is 0.268. The second-order valence-corrected chi connectivity index (χ2v) is 6.29. The Morgan fingerprint density at radius 2 is 2.16 bits per heavy atom. The first-order valence-electron chi connectivity index (χ1n) is 6.25. The zero-order chi connectivity index (χ0) is 13.4. The molecule has 0 spiro atoms. The third kappa shape index (κ3) is 2.72. The van der Waals surface area contributed by atoms with E-state index >= 15 is 0 Å². The number of hydrogen-bond donors (Lipinski definition) is 1. The molecule has 1 heterocycles. The lowest BCUT2D eigenvalue weighted by Gasteiger charge is -2.23. The van der Waals surface area contributed by atoms with Gasteiger partial charge in [0.2, 0.25) is 0 Å². The molecule has 1 saturated carbocycles. The van der Waals surface area contributed by atoms with Crippen molar-refractivity contribution >= 4 is 34.2 Å². The minimum Gasteiger partial charge on any atom is -0.331 e. The van der Waals surface area contributed by atoms with Gasteiger partial charge in [-0.1, -0.05) is 29.8 Å². The Hall–Kier alpha value is -0.810. The quantitative estimate of drug-likeness (QED) is 0.836. The van der Waals surface area contributed by atoms with Crippen molar-refractivity contribution in [3.05, 3.63) is 28.8 Å². The van der Waals surface area contributed by atoms with Crippen molar-refractivity contribution < 1.29 is 8.78 Å². The summed E-state index contributed by atoms with van der Waals surface area (Å²) in [6.45, 7) is 0. The van der Waals surface area contributed by atoms with Crippen molar-refractivity contribution in [3.63, 3.8) is 0 Å². The van der Waals surface area contributed by atoms with Gasteiger partial charge in [-0.15, -0.1) is 0 Å². The standard InChI is InChI=1S/C13H13ClF2N2S/c14-9-4-8(15)5-10(16)12(9)18-13-17-11-3-1-2-7(11)6-19-13/h4-5,7,11H,1-3,6H2,(H,17,18). The van der Waals surface area contributed by atoms with Crippen LogP contribution >= 0.6 is 23.4 Å². The minimum absolute atomic E-state index is 0.0364. The van der Waals surface area contributed by atoms with E-state index in [2.05, 4.69) is 10.3 Å². The topological polar surface area (TPSA) is 24.4 Å². The van der Waals surface area contributed by atoms with Gasteiger partial charge in [0.15, 0.2) is 11.0 Å². The van der Waals surface area contributed by atoms with Gasteiger partial charge in [-0.05, 0) is 24.8 Å². The predicted octanol–water partition coefficient (Wildman–Crippen LogP) is 4.30. The summed E-state index contributed by atoms with van der Waals surface area (Å²) in [5, 5.41) is 3.61. The van der Waals surface area contributed by atoms with Crippen molar-refractivity contribution in [3.8, 4) is 0 Å². The van der Waals surface area contributed by atoms with Gasteiger partial charge in [-0.25, -0.2) is 8.78 Å². The summed E-state index contributed by atoms with van der Waals surface area (Å²) < 4.78 is 26.7. The fourth-order valence-corrected chi connectivity index (χ4v) is 3.98. The highest BCUT2D eigenvalue weighted by Gasteiger charge is 2.31. The highest BCUT2D eigenvalue weighted by atomic mass is 35.5. The number of benzene rings is 1. The predicted molar refractivity (Wildman–Crippen MR) is 76.0 cm³/mol. The van der Waals surface area contributed by atoms with Crippen LogP contribution < -0.4 is 5.32 Å². The molecule has 102 valence electrons. The van der Waals surface area contributed by atoms with Gasteiger partial charge in [0.05, 0.1) is 16.8 Å². The molecule has 1 aliphatic carbocycles. The maximum atomic E-state index is 13.7. The van der Waals surface area contributed by atoms with Crippen LogP contribution in [0, 0.1) is 17.6 Å². The number of hydrogen-bond acceptors (Lipinski definition) is 3. The summed E-state index contributed by atoms with van der Waals surface area (Å²) in [5.41, 5.74) is 0.103. The second-order valence-electron chi connectivity index (χ2n) is 4.87. The molecule has 0 radical (unpaired) electrons. The number of halogens is 3. The van der Waals surface area contributed by atoms with Gasteiger partial charge < -0.3 is 5.32 Å². The van der Waals surface area contributed by atoms with Gasteiger partial charge in [-0.2, -0.15) is 0 Å². The lowest BCUT2D eigenvalue weighted by Crippen LogP contribution is -2.25. The Balaban J connectivity index is 1.82. The summed E-state index contributed by atoms with van der Waals surface area (Å²) in [4.78, 5) is 4.59. The molecule has 2 unspecified atom stereocenters. The monoisotopic (exact) mass is 302 g/mol. The molecule has 2 nitrogen and oxygen atoms in total. The van der Waals surface area contributed by atoms with Gasteiger partial charge in [0.25, 0.3) is 0 Å². The molecule has 0 bridgehead atoms. The van der Waals surface area contributed by atoms with Crippen molar-refractivity contribution in [2.75, 3.05) is 11.1 Å². The maximum Gasteiger partial charge on any atom is 0.161 e. The van der Waals surface area contributed by atoms with E-state index in [1.165, 1.54) is 12.8 Å². The van der Waals surface area contributed by atoms with Gasteiger partial charge in [0.1, 0.15) is 5.82 Å². The molecule has 1 aliphatic heterocycles. The number of nitrogens with one attached hydrogen (secondary N) is 1. The Morgan fingerprint density at radius 3 is 2.95 bits per heavy atom. The molecule has 1 aromatic carbocycles. The van der Waals surface area contributed by atoms with Crippen LogP contribution in [0.25, 0.3) is 0 Å². The van der Waals surface area contributed by atoms with Crippen molar-refractivity contribution in [2.24, 2.45) is 10.9 Å². The lowest BCUT2D eigenvalue weighted by molar-refractivity contribution is 0.535. The molecule has 2 aliphatic rings. The highest BCUT2D eigenvalue weighted by Crippen LogP contribution is 2.36. The van der Waals surface area contributed by atoms with E-state index in [9.17, 15) is 8.78 Å². The number of rotatable bonds is 1. The highest BCUT2D eigenvalue weighted by molar-refractivity contribution is 8.14. The number of thioether (sulfide) groups is 1. The molecule has 3 rings (SSSR count). The van der Waals surface area contributed by atoms with Crippen molar-refractivity contribution in [1.29, 1.82) is 0 Å². The fourth-order valence-electron chi connectivity index (χ4n) is 2.59. The van der Waals surface area contributed by atoms with Gasteiger partial charge in [-0.3, -0.25) is 4.99 Å². The molecule has 1 N–H and O–H groups in total. The molecule has 6 heteroatoms. The minimum atomic E-state index is -0.693. The van der Waals surface area contributed by atoms with Crippen LogP contribution in [0.3, 0.4) is 0 Å². The summed E-state index contributed by atoms with van der Waals surface area (Å²) in [6, 6.07) is 2.26. The molecule has 0 aromatic heterocycles. The smallest absolute Gasteiger partial charge is 0.161 e. The first-order chi connectivity index (χ1) is 9.13. The first kappa shape index (κ1) is 13.2. The van der Waals surface area contributed by atoms with E-state index in [1.807, 2.05) is 0 Å². The lowest BCUT2D eigenvalue weighted by atomic mass is 10.1. The third-order valence-electron chi connectivity index (χ3n) is 3.57. The number of aliphatic imine (C=N–C) groups is 1. The fraction of sp³-hybridized carbons (Fsp3) is 0.462. The van der Waals surface area contributed by atoms with Crippen LogP contribution in [0.4, 0.5) is 14.5 Å². The summed E-state index contributed by atoms with van der Waals surface area (Å²) in [7, 11) is 0. The first-order valence-corrected chi connectivity index (χ1v) is 7.62. The Labute approximate surface area is 119 Å². The van der Waals surface area contributed by atoms with E-state index in [0.717, 1.165) is 24.3 Å². The molecule has 1 fully saturated rings. The average molecular weight is 303 g/mol. The van der Waals surface area contributed by atoms with Gasteiger partial charge >= 0.3 is 0 Å². The Bertz CT molecular complexity index is 512. The van der Waals surface area contributed by atoms with Crippen LogP contribution in [0.2, 0.25) is 5.02 Å².